The maximum atomic E-state index is 13.9. The molecule has 1 aromatic heterocycles. The lowest BCUT2D eigenvalue weighted by molar-refractivity contribution is 0.112. The van der Waals surface area contributed by atoms with E-state index in [9.17, 15) is 13.6 Å². The van der Waals surface area contributed by atoms with Gasteiger partial charge in [-0.1, -0.05) is 0 Å². The molecular formula is C14H14F2N2O. The van der Waals surface area contributed by atoms with Gasteiger partial charge in [-0.15, -0.1) is 0 Å². The molecule has 100 valence electrons. The van der Waals surface area contributed by atoms with Crippen molar-refractivity contribution in [3.63, 3.8) is 0 Å². The predicted octanol–water partition coefficient (Wildman–Crippen LogP) is 3.53. The van der Waals surface area contributed by atoms with Crippen LogP contribution in [0.25, 0.3) is 11.3 Å². The molecule has 19 heavy (non-hydrogen) atoms. The van der Waals surface area contributed by atoms with Gasteiger partial charge in [0.15, 0.2) is 6.29 Å². The maximum Gasteiger partial charge on any atom is 0.153 e. The molecule has 3 nitrogen and oxygen atoms in total. The zero-order valence-corrected chi connectivity index (χ0v) is 10.9. The number of benzene rings is 1. The largest absolute Gasteiger partial charge is 0.298 e. The van der Waals surface area contributed by atoms with Crippen LogP contribution < -0.4 is 0 Å². The lowest BCUT2D eigenvalue weighted by atomic mass is 10.1. The minimum absolute atomic E-state index is 0.00426. The van der Waals surface area contributed by atoms with Crippen LogP contribution >= 0.6 is 0 Å². The molecule has 1 heterocycles. The molecule has 1 aromatic carbocycles. The lowest BCUT2D eigenvalue weighted by Gasteiger charge is -2.05. The molecule has 0 aliphatic rings. The number of aldehydes is 1. The number of aryl methyl sites for hydroxylation is 1. The Bertz CT molecular complexity index is 633. The molecule has 0 amide bonds. The van der Waals surface area contributed by atoms with Crippen molar-refractivity contribution in [2.45, 2.75) is 26.8 Å². The molecule has 0 spiro atoms. The first-order valence-electron chi connectivity index (χ1n) is 5.94. The summed E-state index contributed by atoms with van der Waals surface area (Å²) in [7, 11) is 0. The van der Waals surface area contributed by atoms with Crippen LogP contribution in [0.15, 0.2) is 18.3 Å². The second-order valence-corrected chi connectivity index (χ2v) is 4.71. The number of halogens is 2. The molecule has 0 saturated carbocycles. The topological polar surface area (TPSA) is 34.9 Å². The number of hydrogen-bond acceptors (Lipinski definition) is 2. The summed E-state index contributed by atoms with van der Waals surface area (Å²) in [6.07, 6.45) is 2.13. The van der Waals surface area contributed by atoms with E-state index >= 15 is 0 Å². The summed E-state index contributed by atoms with van der Waals surface area (Å²) < 4.78 is 29.0. The normalized spacial score (nSPS) is 11.1. The Labute approximate surface area is 109 Å². The highest BCUT2D eigenvalue weighted by Gasteiger charge is 2.17. The Morgan fingerprint density at radius 2 is 1.95 bits per heavy atom. The van der Waals surface area contributed by atoms with E-state index in [4.69, 9.17) is 0 Å². The molecule has 0 aliphatic carbocycles. The second-order valence-electron chi connectivity index (χ2n) is 4.71. The number of aromatic nitrogens is 2. The molecule has 5 heteroatoms. The fourth-order valence-corrected chi connectivity index (χ4v) is 1.79. The van der Waals surface area contributed by atoms with E-state index in [1.807, 2.05) is 13.8 Å². The van der Waals surface area contributed by atoms with Gasteiger partial charge in [0.25, 0.3) is 0 Å². The molecule has 0 fully saturated rings. The third-order valence-corrected chi connectivity index (χ3v) is 2.92. The first kappa shape index (κ1) is 13.4. The highest BCUT2D eigenvalue weighted by molar-refractivity contribution is 5.85. The predicted molar refractivity (Wildman–Crippen MR) is 68.1 cm³/mol. The Morgan fingerprint density at radius 1 is 1.26 bits per heavy atom. The molecule has 0 aliphatic heterocycles. The minimum Gasteiger partial charge on any atom is -0.298 e. The number of hydrogen-bond donors (Lipinski definition) is 0. The first-order valence-corrected chi connectivity index (χ1v) is 5.94. The van der Waals surface area contributed by atoms with Crippen molar-refractivity contribution in [2.75, 3.05) is 0 Å². The van der Waals surface area contributed by atoms with Crippen molar-refractivity contribution >= 4 is 6.29 Å². The summed E-state index contributed by atoms with van der Waals surface area (Å²) in [5.41, 5.74) is 0.637. The molecular weight excluding hydrogens is 250 g/mol. The average molecular weight is 264 g/mol. The van der Waals surface area contributed by atoms with Crippen LogP contribution in [-0.2, 0) is 0 Å². The summed E-state index contributed by atoms with van der Waals surface area (Å²) >= 11 is 0. The van der Waals surface area contributed by atoms with Gasteiger partial charge in [0.05, 0.1) is 5.56 Å². The van der Waals surface area contributed by atoms with Gasteiger partial charge in [0.2, 0.25) is 0 Å². The van der Waals surface area contributed by atoms with E-state index in [1.54, 1.807) is 4.68 Å². The Morgan fingerprint density at radius 3 is 2.53 bits per heavy atom. The zero-order valence-electron chi connectivity index (χ0n) is 10.9. The van der Waals surface area contributed by atoms with Crippen molar-refractivity contribution < 1.29 is 13.6 Å². The molecule has 0 N–H and O–H groups in total. The van der Waals surface area contributed by atoms with Crippen LogP contribution in [0.3, 0.4) is 0 Å². The van der Waals surface area contributed by atoms with Crippen molar-refractivity contribution in [2.24, 2.45) is 0 Å². The number of carbonyl (C=O) groups excluding carboxylic acids is 1. The Kier molecular flexibility index (Phi) is 3.46. The second kappa shape index (κ2) is 4.91. The van der Waals surface area contributed by atoms with Crippen molar-refractivity contribution in [1.29, 1.82) is 0 Å². The summed E-state index contributed by atoms with van der Waals surface area (Å²) in [6.45, 7) is 5.25. The zero-order chi connectivity index (χ0) is 14.2. The van der Waals surface area contributed by atoms with Crippen LogP contribution in [0.1, 0.15) is 35.8 Å². The lowest BCUT2D eigenvalue weighted by Crippen LogP contribution is -2.01. The van der Waals surface area contributed by atoms with Crippen molar-refractivity contribution in [3.05, 3.63) is 41.1 Å². The smallest absolute Gasteiger partial charge is 0.153 e. The van der Waals surface area contributed by atoms with Gasteiger partial charge in [0, 0.05) is 17.8 Å². The van der Waals surface area contributed by atoms with E-state index in [0.717, 1.165) is 12.1 Å². The number of carbonyl (C=O) groups is 1. The van der Waals surface area contributed by atoms with Gasteiger partial charge in [-0.25, -0.2) is 8.78 Å². The minimum atomic E-state index is -0.587. The molecule has 0 radical (unpaired) electrons. The van der Waals surface area contributed by atoms with E-state index in [-0.39, 0.29) is 28.4 Å². The summed E-state index contributed by atoms with van der Waals surface area (Å²) in [5, 5.41) is 4.16. The van der Waals surface area contributed by atoms with Gasteiger partial charge < -0.3 is 0 Å². The van der Waals surface area contributed by atoms with Crippen molar-refractivity contribution in [1.82, 2.24) is 9.78 Å². The SMILES string of the molecule is Cc1cc(F)c(-c2nn(C(C)C)cc2C=O)cc1F. The van der Waals surface area contributed by atoms with E-state index < -0.39 is 11.6 Å². The fourth-order valence-electron chi connectivity index (χ4n) is 1.79. The summed E-state index contributed by atoms with van der Waals surface area (Å²) in [5.74, 6) is -1.11. The standard InChI is InChI=1S/C14H14F2N2O/c1-8(2)18-6-10(7-19)14(17-18)11-5-12(15)9(3)4-13(11)16/h4-8H,1-3H3. The van der Waals surface area contributed by atoms with Gasteiger partial charge >= 0.3 is 0 Å². The molecule has 0 saturated heterocycles. The fraction of sp³-hybridized carbons (Fsp3) is 0.286. The van der Waals surface area contributed by atoms with Crippen LogP contribution in [-0.4, -0.2) is 16.1 Å². The van der Waals surface area contributed by atoms with E-state index in [0.29, 0.717) is 6.29 Å². The average Bonchev–Trinajstić information content (AvgIpc) is 2.77. The third-order valence-electron chi connectivity index (χ3n) is 2.92. The molecule has 2 aromatic rings. The van der Waals surface area contributed by atoms with Gasteiger partial charge in [0.1, 0.15) is 17.3 Å². The van der Waals surface area contributed by atoms with E-state index in [1.165, 1.54) is 13.1 Å². The van der Waals surface area contributed by atoms with Gasteiger partial charge in [-0.2, -0.15) is 5.10 Å². The molecule has 0 atom stereocenters. The quantitative estimate of drug-likeness (QED) is 0.795. The van der Waals surface area contributed by atoms with Crippen LogP contribution in [0.4, 0.5) is 8.78 Å². The molecule has 0 bridgehead atoms. The summed E-state index contributed by atoms with van der Waals surface area (Å²) in [6, 6.07) is 2.21. The number of nitrogens with zero attached hydrogens (tertiary/aromatic N) is 2. The highest BCUT2D eigenvalue weighted by Crippen LogP contribution is 2.27. The van der Waals surface area contributed by atoms with Crippen LogP contribution in [0.5, 0.6) is 0 Å². The summed E-state index contributed by atoms with van der Waals surface area (Å²) in [4.78, 5) is 11.0. The van der Waals surface area contributed by atoms with Crippen molar-refractivity contribution in [3.8, 4) is 11.3 Å². The number of rotatable bonds is 3. The van der Waals surface area contributed by atoms with Gasteiger partial charge in [-0.05, 0) is 38.5 Å². The van der Waals surface area contributed by atoms with E-state index in [2.05, 4.69) is 5.10 Å². The van der Waals surface area contributed by atoms with Gasteiger partial charge in [-0.3, -0.25) is 9.48 Å². The maximum absolute atomic E-state index is 13.9. The molecule has 2 rings (SSSR count). The Balaban J connectivity index is 2.64. The van der Waals surface area contributed by atoms with Crippen LogP contribution in [0.2, 0.25) is 0 Å². The monoisotopic (exact) mass is 264 g/mol. The highest BCUT2D eigenvalue weighted by atomic mass is 19.1. The Hall–Kier alpha value is -2.04. The third kappa shape index (κ3) is 2.41. The van der Waals surface area contributed by atoms with Crippen LogP contribution in [0, 0.1) is 18.6 Å². The first-order chi connectivity index (χ1) is 8.93. The molecule has 0 unspecified atom stereocenters.